The lowest BCUT2D eigenvalue weighted by Gasteiger charge is -2.05. The van der Waals surface area contributed by atoms with Crippen LogP contribution in [-0.4, -0.2) is 5.16 Å². The molecule has 0 heterocycles. The Balaban J connectivity index is 1.74. The molecule has 0 saturated heterocycles. The number of rotatable bonds is 5. The third-order valence-corrected chi connectivity index (χ3v) is 4.93. The smallest absolute Gasteiger partial charge is 0.153 e. The topological polar surface area (TPSA) is 12.4 Å². The fourth-order valence-corrected chi connectivity index (χ4v) is 3.18. The normalized spacial score (nSPS) is 9.82. The summed E-state index contributed by atoms with van der Waals surface area (Å²) in [4.78, 5) is 3.40. The lowest BCUT2D eigenvalue weighted by atomic mass is 10.0. The number of isothiocyanates is 1. The van der Waals surface area contributed by atoms with Crippen molar-refractivity contribution in [2.45, 2.75) is 32.6 Å². The number of unbranched alkanes of at least 4 members (excludes halogenated alkanes) is 3. The molecule has 33 heavy (non-hydrogen) atoms. The highest BCUT2D eigenvalue weighted by atomic mass is 32.1. The Morgan fingerprint density at radius 2 is 1.45 bits per heavy atom. The molecule has 0 aliphatic carbocycles. The van der Waals surface area contributed by atoms with Gasteiger partial charge in [0.2, 0.25) is 0 Å². The number of benzene rings is 3. The van der Waals surface area contributed by atoms with E-state index in [9.17, 15) is 13.2 Å². The van der Waals surface area contributed by atoms with Gasteiger partial charge in [-0.2, -0.15) is 4.99 Å². The fraction of sp³-hybridized carbons (Fsp3) is 0.179. The van der Waals surface area contributed by atoms with E-state index in [2.05, 4.69) is 47.8 Å². The molecular formula is C28H20F3NS. The third kappa shape index (κ3) is 6.67. The summed E-state index contributed by atoms with van der Waals surface area (Å²) in [7, 11) is 0. The van der Waals surface area contributed by atoms with Gasteiger partial charge in [0.15, 0.2) is 11.6 Å². The van der Waals surface area contributed by atoms with E-state index in [1.54, 1.807) is 36.4 Å². The molecule has 0 aliphatic heterocycles. The summed E-state index contributed by atoms with van der Waals surface area (Å²) in [5, 5.41) is 1.96. The maximum Gasteiger partial charge on any atom is 0.153 e. The van der Waals surface area contributed by atoms with E-state index in [4.69, 9.17) is 0 Å². The standard InChI is InChI=1S/C28H20F3NS/c1-2-3-4-5-6-7-21-11-15-23(25(29)16-21)14-10-20-8-12-22(13-9-20)24-17-26(30)28(32-19-33)27(31)18-24/h8-9,11-13,15-18H,2-5H2,1H3. The predicted molar refractivity (Wildman–Crippen MR) is 130 cm³/mol. The lowest BCUT2D eigenvalue weighted by Crippen LogP contribution is -1.87. The van der Waals surface area contributed by atoms with E-state index in [-0.39, 0.29) is 5.56 Å². The molecule has 1 nitrogen and oxygen atoms in total. The molecule has 5 heteroatoms. The van der Waals surface area contributed by atoms with Crippen molar-refractivity contribution in [2.75, 3.05) is 0 Å². The molecule has 3 aromatic rings. The quantitative estimate of drug-likeness (QED) is 0.164. The van der Waals surface area contributed by atoms with Crippen LogP contribution in [0.5, 0.6) is 0 Å². The summed E-state index contributed by atoms with van der Waals surface area (Å²) in [5.74, 6) is 9.69. The van der Waals surface area contributed by atoms with Gasteiger partial charge in [0.05, 0.1) is 10.7 Å². The highest BCUT2D eigenvalue weighted by molar-refractivity contribution is 7.78. The molecule has 0 aromatic heterocycles. The summed E-state index contributed by atoms with van der Waals surface area (Å²) in [5.41, 5.74) is 2.03. The zero-order valence-electron chi connectivity index (χ0n) is 18.0. The van der Waals surface area contributed by atoms with Gasteiger partial charge in [0, 0.05) is 17.5 Å². The van der Waals surface area contributed by atoms with Crippen molar-refractivity contribution in [3.05, 3.63) is 88.7 Å². The molecular weight excluding hydrogens is 439 g/mol. The molecule has 0 radical (unpaired) electrons. The number of hydrogen-bond donors (Lipinski definition) is 0. The Morgan fingerprint density at radius 3 is 2.09 bits per heavy atom. The van der Waals surface area contributed by atoms with E-state index in [0.29, 0.717) is 22.3 Å². The summed E-state index contributed by atoms with van der Waals surface area (Å²) < 4.78 is 42.5. The second kappa shape index (κ2) is 11.8. The van der Waals surface area contributed by atoms with Gasteiger partial charge in [-0.05, 0) is 72.2 Å². The molecule has 0 unspecified atom stereocenters. The number of nitrogens with zero attached hydrogens (tertiary/aromatic N) is 1. The fourth-order valence-electron chi connectivity index (χ4n) is 3.09. The highest BCUT2D eigenvalue weighted by Gasteiger charge is 2.11. The van der Waals surface area contributed by atoms with Crippen molar-refractivity contribution in [2.24, 2.45) is 4.99 Å². The van der Waals surface area contributed by atoms with Crippen LogP contribution >= 0.6 is 12.2 Å². The number of thiocarbonyl (C=S) groups is 1. The minimum Gasteiger partial charge on any atom is -0.206 e. The van der Waals surface area contributed by atoms with Gasteiger partial charge in [-0.15, -0.1) is 0 Å². The summed E-state index contributed by atoms with van der Waals surface area (Å²) >= 11 is 4.41. The monoisotopic (exact) mass is 459 g/mol. The Morgan fingerprint density at radius 1 is 0.758 bits per heavy atom. The lowest BCUT2D eigenvalue weighted by molar-refractivity contribution is 0.588. The Kier molecular flexibility index (Phi) is 8.62. The van der Waals surface area contributed by atoms with E-state index >= 15 is 0 Å². The highest BCUT2D eigenvalue weighted by Crippen LogP contribution is 2.29. The molecule has 0 N–H and O–H groups in total. The first kappa shape index (κ1) is 24.0. The number of aliphatic imine (C=N–C) groups is 1. The van der Waals surface area contributed by atoms with Crippen LogP contribution in [0.15, 0.2) is 59.6 Å². The minimum atomic E-state index is -0.823. The number of hydrogen-bond acceptors (Lipinski definition) is 2. The largest absolute Gasteiger partial charge is 0.206 e. The second-order valence-electron chi connectivity index (χ2n) is 7.27. The number of halogens is 3. The van der Waals surface area contributed by atoms with Crippen molar-refractivity contribution in [1.82, 2.24) is 0 Å². The van der Waals surface area contributed by atoms with E-state index < -0.39 is 23.1 Å². The van der Waals surface area contributed by atoms with Gasteiger partial charge >= 0.3 is 0 Å². The van der Waals surface area contributed by atoms with Crippen LogP contribution in [-0.2, 0) is 0 Å². The van der Waals surface area contributed by atoms with Crippen molar-refractivity contribution in [1.29, 1.82) is 0 Å². The van der Waals surface area contributed by atoms with E-state index in [1.807, 2.05) is 5.16 Å². The average Bonchev–Trinajstić information content (AvgIpc) is 2.81. The van der Waals surface area contributed by atoms with Crippen molar-refractivity contribution < 1.29 is 13.2 Å². The van der Waals surface area contributed by atoms with Crippen molar-refractivity contribution in [3.63, 3.8) is 0 Å². The molecule has 3 rings (SSSR count). The molecule has 0 bridgehead atoms. The Bertz CT molecular complexity index is 1290. The Labute approximate surface area is 197 Å². The SMILES string of the molecule is CCCCCC#Cc1ccc(C#Cc2ccc(-c3cc(F)c(N=C=S)c(F)c3)cc2)c(F)c1. The maximum absolute atomic E-state index is 14.4. The van der Waals surface area contributed by atoms with Crippen LogP contribution in [0.3, 0.4) is 0 Å². The third-order valence-electron chi connectivity index (χ3n) is 4.84. The van der Waals surface area contributed by atoms with Crippen LogP contribution in [0.1, 0.15) is 49.3 Å². The van der Waals surface area contributed by atoms with E-state index in [1.165, 1.54) is 18.2 Å². The summed E-state index contributed by atoms with van der Waals surface area (Å²) in [6, 6.07) is 13.9. The first-order chi connectivity index (χ1) is 16.0. The Hall–Kier alpha value is -3.63. The molecule has 0 spiro atoms. The molecule has 0 amide bonds. The molecule has 0 atom stereocenters. The van der Waals surface area contributed by atoms with Crippen LogP contribution in [0, 0.1) is 41.1 Å². The molecule has 164 valence electrons. The minimum absolute atomic E-state index is 0.273. The van der Waals surface area contributed by atoms with Crippen molar-refractivity contribution >= 4 is 23.1 Å². The summed E-state index contributed by atoms with van der Waals surface area (Å²) in [6.07, 6.45) is 4.13. The zero-order valence-corrected chi connectivity index (χ0v) is 18.8. The van der Waals surface area contributed by atoms with Crippen LogP contribution in [0.25, 0.3) is 11.1 Å². The van der Waals surface area contributed by atoms with Gasteiger partial charge in [-0.1, -0.05) is 55.6 Å². The average molecular weight is 460 g/mol. The van der Waals surface area contributed by atoms with Crippen LogP contribution in [0.2, 0.25) is 0 Å². The van der Waals surface area contributed by atoms with Gasteiger partial charge in [-0.3, -0.25) is 0 Å². The van der Waals surface area contributed by atoms with Gasteiger partial charge < -0.3 is 0 Å². The van der Waals surface area contributed by atoms with Crippen LogP contribution in [0.4, 0.5) is 18.9 Å². The van der Waals surface area contributed by atoms with Gasteiger partial charge in [0.1, 0.15) is 11.5 Å². The molecule has 0 saturated carbocycles. The maximum atomic E-state index is 14.4. The van der Waals surface area contributed by atoms with E-state index in [0.717, 1.165) is 25.7 Å². The molecule has 0 aliphatic rings. The van der Waals surface area contributed by atoms with Crippen molar-refractivity contribution in [3.8, 4) is 34.8 Å². The zero-order chi connectivity index (χ0) is 23.6. The summed E-state index contributed by atoms with van der Waals surface area (Å²) in [6.45, 7) is 2.14. The predicted octanol–water partition coefficient (Wildman–Crippen LogP) is 7.84. The van der Waals surface area contributed by atoms with Gasteiger partial charge in [-0.25, -0.2) is 13.2 Å². The first-order valence-corrected chi connectivity index (χ1v) is 10.9. The second-order valence-corrected chi connectivity index (χ2v) is 7.46. The molecule has 0 fully saturated rings. The van der Waals surface area contributed by atoms with Gasteiger partial charge in [0.25, 0.3) is 0 Å². The van der Waals surface area contributed by atoms with Crippen LogP contribution < -0.4 is 0 Å². The molecule has 3 aromatic carbocycles. The first-order valence-electron chi connectivity index (χ1n) is 10.5.